The van der Waals surface area contributed by atoms with Crippen molar-refractivity contribution in [3.05, 3.63) is 30.5 Å². The average molecular weight is 367 g/mol. The highest BCUT2D eigenvalue weighted by atomic mass is 16.5. The van der Waals surface area contributed by atoms with E-state index in [4.69, 9.17) is 19.5 Å². The molecule has 0 unspecified atom stereocenters. The lowest BCUT2D eigenvalue weighted by atomic mass is 10.1. The number of anilines is 1. The number of hydrogen-bond donors (Lipinski definition) is 1. The second kappa shape index (κ2) is 7.61. The summed E-state index contributed by atoms with van der Waals surface area (Å²) in [5.41, 5.74) is 2.13. The first kappa shape index (κ1) is 18.0. The Hall–Kier alpha value is -3.80. The average Bonchev–Trinajstić information content (AvgIpc) is 3.07. The van der Waals surface area contributed by atoms with Crippen molar-refractivity contribution in [3.8, 4) is 34.4 Å². The zero-order valence-electron chi connectivity index (χ0n) is 15.0. The van der Waals surface area contributed by atoms with Gasteiger partial charge in [0, 0.05) is 17.3 Å². The topological polar surface area (TPSA) is 111 Å². The van der Waals surface area contributed by atoms with Crippen molar-refractivity contribution in [1.29, 1.82) is 5.26 Å². The van der Waals surface area contributed by atoms with Gasteiger partial charge in [-0.1, -0.05) is 0 Å². The Kier molecular flexibility index (Phi) is 5.08. The van der Waals surface area contributed by atoms with E-state index in [1.807, 2.05) is 12.1 Å². The lowest BCUT2D eigenvalue weighted by molar-refractivity contribution is -0.115. The SMILES string of the molecule is COc1ccc(-c2ccc3nc(NC(=O)CC#N)nn3c2)c(OC)c1OC. The third-order valence-electron chi connectivity index (χ3n) is 3.84. The molecular weight excluding hydrogens is 350 g/mol. The van der Waals surface area contributed by atoms with Crippen molar-refractivity contribution in [2.45, 2.75) is 6.42 Å². The van der Waals surface area contributed by atoms with Crippen LogP contribution in [0, 0.1) is 11.3 Å². The van der Waals surface area contributed by atoms with Crippen molar-refractivity contribution >= 4 is 17.5 Å². The monoisotopic (exact) mass is 367 g/mol. The molecule has 9 nitrogen and oxygen atoms in total. The van der Waals surface area contributed by atoms with Crippen LogP contribution in [0.4, 0.5) is 5.95 Å². The van der Waals surface area contributed by atoms with Gasteiger partial charge in [0.2, 0.25) is 17.6 Å². The Bertz CT molecular complexity index is 1040. The van der Waals surface area contributed by atoms with E-state index in [1.165, 1.54) is 4.52 Å². The molecule has 0 saturated carbocycles. The first-order valence-corrected chi connectivity index (χ1v) is 7.93. The standard InChI is InChI=1S/C18H17N5O4/c1-25-13-6-5-12(16(26-2)17(13)27-3)11-4-7-14-20-18(22-23(14)10-11)21-15(24)8-9-19/h4-7,10H,8H2,1-3H3,(H,21,22,24). The van der Waals surface area contributed by atoms with E-state index in [0.29, 0.717) is 22.9 Å². The fourth-order valence-electron chi connectivity index (χ4n) is 2.66. The maximum atomic E-state index is 11.5. The Morgan fingerprint density at radius 3 is 2.59 bits per heavy atom. The highest BCUT2D eigenvalue weighted by Gasteiger charge is 2.18. The van der Waals surface area contributed by atoms with Crippen molar-refractivity contribution in [2.24, 2.45) is 0 Å². The molecule has 1 amide bonds. The van der Waals surface area contributed by atoms with Gasteiger partial charge in [0.1, 0.15) is 6.42 Å². The van der Waals surface area contributed by atoms with Crippen LogP contribution in [-0.4, -0.2) is 41.8 Å². The van der Waals surface area contributed by atoms with E-state index in [2.05, 4.69) is 15.4 Å². The van der Waals surface area contributed by atoms with Crippen molar-refractivity contribution < 1.29 is 19.0 Å². The van der Waals surface area contributed by atoms with Crippen LogP contribution in [0.5, 0.6) is 17.2 Å². The lowest BCUT2D eigenvalue weighted by Gasteiger charge is -2.15. The number of carbonyl (C=O) groups is 1. The summed E-state index contributed by atoms with van der Waals surface area (Å²) in [5, 5.41) is 15.3. The van der Waals surface area contributed by atoms with E-state index < -0.39 is 5.91 Å². The van der Waals surface area contributed by atoms with Crippen LogP contribution in [0.15, 0.2) is 30.5 Å². The summed E-state index contributed by atoms with van der Waals surface area (Å²) >= 11 is 0. The molecule has 1 aromatic carbocycles. The molecule has 0 atom stereocenters. The zero-order valence-corrected chi connectivity index (χ0v) is 15.0. The number of methoxy groups -OCH3 is 3. The Morgan fingerprint density at radius 1 is 1.15 bits per heavy atom. The number of benzene rings is 1. The van der Waals surface area contributed by atoms with Crippen LogP contribution in [-0.2, 0) is 4.79 Å². The molecule has 0 aliphatic carbocycles. The van der Waals surface area contributed by atoms with Crippen LogP contribution in [0.1, 0.15) is 6.42 Å². The third kappa shape index (κ3) is 3.46. The van der Waals surface area contributed by atoms with E-state index in [-0.39, 0.29) is 12.4 Å². The van der Waals surface area contributed by atoms with Gasteiger partial charge in [-0.3, -0.25) is 10.1 Å². The minimum Gasteiger partial charge on any atom is -0.493 e. The molecular formula is C18H17N5O4. The van der Waals surface area contributed by atoms with E-state index in [0.717, 1.165) is 11.1 Å². The van der Waals surface area contributed by atoms with Crippen molar-refractivity contribution in [3.63, 3.8) is 0 Å². The van der Waals surface area contributed by atoms with Crippen LogP contribution >= 0.6 is 0 Å². The number of pyridine rings is 1. The fourth-order valence-corrected chi connectivity index (χ4v) is 2.66. The molecule has 1 N–H and O–H groups in total. The second-order valence-electron chi connectivity index (χ2n) is 5.42. The Morgan fingerprint density at radius 2 is 1.93 bits per heavy atom. The molecule has 2 heterocycles. The van der Waals surface area contributed by atoms with E-state index >= 15 is 0 Å². The highest BCUT2D eigenvalue weighted by molar-refractivity contribution is 5.90. The number of aromatic nitrogens is 3. The van der Waals surface area contributed by atoms with Crippen molar-refractivity contribution in [1.82, 2.24) is 14.6 Å². The maximum Gasteiger partial charge on any atom is 0.249 e. The van der Waals surface area contributed by atoms with Gasteiger partial charge in [0.05, 0.1) is 27.4 Å². The number of fused-ring (bicyclic) bond motifs is 1. The predicted octanol–water partition coefficient (Wildman–Crippen LogP) is 2.27. The molecule has 0 aliphatic rings. The van der Waals surface area contributed by atoms with Crippen LogP contribution in [0.2, 0.25) is 0 Å². The molecule has 0 aliphatic heterocycles. The smallest absolute Gasteiger partial charge is 0.249 e. The fraction of sp³-hybridized carbons (Fsp3) is 0.222. The number of carbonyl (C=O) groups excluding carboxylic acids is 1. The molecule has 0 spiro atoms. The van der Waals surface area contributed by atoms with Crippen LogP contribution < -0.4 is 19.5 Å². The lowest BCUT2D eigenvalue weighted by Crippen LogP contribution is -2.11. The predicted molar refractivity (Wildman–Crippen MR) is 96.9 cm³/mol. The summed E-state index contributed by atoms with van der Waals surface area (Å²) in [6, 6.07) is 9.04. The first-order chi connectivity index (χ1) is 13.1. The number of ether oxygens (including phenoxy) is 3. The van der Waals surface area contributed by atoms with Gasteiger partial charge in [0.25, 0.3) is 0 Å². The minimum atomic E-state index is -0.463. The van der Waals surface area contributed by atoms with Gasteiger partial charge in [0.15, 0.2) is 17.1 Å². The number of hydrogen-bond acceptors (Lipinski definition) is 7. The summed E-state index contributed by atoms with van der Waals surface area (Å²) in [5.74, 6) is 1.24. The Labute approximate surface area is 155 Å². The summed E-state index contributed by atoms with van der Waals surface area (Å²) in [6.45, 7) is 0. The Balaban J connectivity index is 2.03. The molecule has 9 heteroatoms. The molecule has 3 aromatic rings. The van der Waals surface area contributed by atoms with Crippen LogP contribution in [0.25, 0.3) is 16.8 Å². The summed E-state index contributed by atoms with van der Waals surface area (Å²) < 4.78 is 17.8. The molecule has 3 rings (SSSR count). The minimum absolute atomic E-state index is 0.131. The quantitative estimate of drug-likeness (QED) is 0.711. The zero-order chi connectivity index (χ0) is 19.4. The molecule has 2 aromatic heterocycles. The molecule has 0 saturated heterocycles. The van der Waals surface area contributed by atoms with E-state index in [1.54, 1.807) is 45.7 Å². The number of nitrogens with one attached hydrogen (secondary N) is 1. The normalized spacial score (nSPS) is 10.3. The molecule has 0 fully saturated rings. The summed E-state index contributed by atoms with van der Waals surface area (Å²) in [7, 11) is 4.65. The van der Waals surface area contributed by atoms with Gasteiger partial charge in [-0.25, -0.2) is 4.52 Å². The second-order valence-corrected chi connectivity index (χ2v) is 5.42. The van der Waals surface area contributed by atoms with E-state index in [9.17, 15) is 4.79 Å². The first-order valence-electron chi connectivity index (χ1n) is 7.93. The van der Waals surface area contributed by atoms with Crippen LogP contribution in [0.3, 0.4) is 0 Å². The maximum absolute atomic E-state index is 11.5. The van der Waals surface area contributed by atoms with Gasteiger partial charge in [-0.05, 0) is 24.3 Å². The number of amides is 1. The molecule has 0 bridgehead atoms. The number of nitriles is 1. The third-order valence-corrected chi connectivity index (χ3v) is 3.84. The van der Waals surface area contributed by atoms with Crippen molar-refractivity contribution in [2.75, 3.05) is 26.6 Å². The van der Waals surface area contributed by atoms with Gasteiger partial charge in [-0.2, -0.15) is 10.2 Å². The van der Waals surface area contributed by atoms with Gasteiger partial charge < -0.3 is 14.2 Å². The van der Waals surface area contributed by atoms with Gasteiger partial charge >= 0.3 is 0 Å². The van der Waals surface area contributed by atoms with Gasteiger partial charge in [-0.15, -0.1) is 5.10 Å². The largest absolute Gasteiger partial charge is 0.493 e. The molecule has 138 valence electrons. The molecule has 0 radical (unpaired) electrons. The number of nitrogens with zero attached hydrogens (tertiary/aromatic N) is 4. The number of rotatable bonds is 6. The highest BCUT2D eigenvalue weighted by Crippen LogP contribution is 2.44. The molecule has 27 heavy (non-hydrogen) atoms. The summed E-state index contributed by atoms with van der Waals surface area (Å²) in [4.78, 5) is 15.7. The summed E-state index contributed by atoms with van der Waals surface area (Å²) in [6.07, 6.45) is 1.50.